The van der Waals surface area contributed by atoms with Crippen LogP contribution in [0.2, 0.25) is 0 Å². The number of nitrogens with two attached hydrogens (primary N) is 1. The Morgan fingerprint density at radius 3 is 2.62 bits per heavy atom. The third kappa shape index (κ3) is 2.82. The van der Waals surface area contributed by atoms with Crippen molar-refractivity contribution in [2.75, 3.05) is 11.1 Å². The number of halogens is 1. The van der Waals surface area contributed by atoms with Crippen molar-refractivity contribution < 1.29 is 9.21 Å². The van der Waals surface area contributed by atoms with Crippen molar-refractivity contribution in [3.63, 3.8) is 0 Å². The number of nitrogens with zero attached hydrogens (tertiary/aromatic N) is 2. The lowest BCUT2D eigenvalue weighted by Crippen LogP contribution is -2.14. The van der Waals surface area contributed by atoms with Crippen molar-refractivity contribution in [2.24, 2.45) is 0 Å². The van der Waals surface area contributed by atoms with Crippen LogP contribution in [0, 0.1) is 0 Å². The number of carbonyl (C=O) groups is 1. The van der Waals surface area contributed by atoms with Crippen LogP contribution in [0.3, 0.4) is 0 Å². The van der Waals surface area contributed by atoms with E-state index in [1.807, 2.05) is 12.1 Å². The molecule has 0 radical (unpaired) electrons. The molecule has 6 nitrogen and oxygen atoms in total. The minimum atomic E-state index is -0.349. The third-order valence-corrected chi connectivity index (χ3v) is 3.25. The summed E-state index contributed by atoms with van der Waals surface area (Å²) in [5.74, 6) is 0.405. The maximum Gasteiger partial charge on any atom is 0.292 e. The summed E-state index contributed by atoms with van der Waals surface area (Å²) in [4.78, 5) is 12.1. The highest BCUT2D eigenvalue weighted by molar-refractivity contribution is 9.10. The summed E-state index contributed by atoms with van der Waals surface area (Å²) in [7, 11) is 0. The standard InChI is InChI=1S/C14H11BrN4O2/c15-12-6-5-11(21-12)14(20)18-13-7-8-17-19(13)10-3-1-9(16)2-4-10/h1-8H,16H2,(H,18,20). The van der Waals surface area contributed by atoms with Gasteiger partial charge in [0.25, 0.3) is 5.91 Å². The van der Waals surface area contributed by atoms with E-state index in [0.717, 1.165) is 5.69 Å². The van der Waals surface area contributed by atoms with Gasteiger partial charge in [-0.15, -0.1) is 0 Å². The summed E-state index contributed by atoms with van der Waals surface area (Å²) in [5.41, 5.74) is 7.12. The van der Waals surface area contributed by atoms with Gasteiger partial charge in [0.05, 0.1) is 11.9 Å². The Kier molecular flexibility index (Phi) is 3.49. The highest BCUT2D eigenvalue weighted by Gasteiger charge is 2.13. The normalized spacial score (nSPS) is 10.5. The molecule has 0 bridgehead atoms. The van der Waals surface area contributed by atoms with Crippen LogP contribution in [-0.4, -0.2) is 15.7 Å². The van der Waals surface area contributed by atoms with Crippen LogP contribution in [0.1, 0.15) is 10.6 Å². The van der Waals surface area contributed by atoms with E-state index < -0.39 is 0 Å². The highest BCUT2D eigenvalue weighted by Crippen LogP contribution is 2.19. The summed E-state index contributed by atoms with van der Waals surface area (Å²) in [6.07, 6.45) is 1.60. The zero-order chi connectivity index (χ0) is 14.8. The largest absolute Gasteiger partial charge is 0.444 e. The summed E-state index contributed by atoms with van der Waals surface area (Å²) in [5, 5.41) is 6.94. The van der Waals surface area contributed by atoms with Crippen LogP contribution in [0.15, 0.2) is 57.7 Å². The molecule has 0 aliphatic heterocycles. The second-order valence-electron chi connectivity index (χ2n) is 4.28. The fourth-order valence-corrected chi connectivity index (χ4v) is 2.14. The number of hydrogen-bond donors (Lipinski definition) is 2. The minimum Gasteiger partial charge on any atom is -0.444 e. The molecule has 3 aromatic rings. The van der Waals surface area contributed by atoms with Crippen molar-refractivity contribution >= 4 is 33.3 Å². The van der Waals surface area contributed by atoms with Gasteiger partial charge in [-0.2, -0.15) is 5.10 Å². The van der Waals surface area contributed by atoms with Crippen LogP contribution >= 0.6 is 15.9 Å². The van der Waals surface area contributed by atoms with Gasteiger partial charge in [0, 0.05) is 11.8 Å². The molecule has 1 aromatic carbocycles. The number of nitrogen functional groups attached to an aromatic ring is 1. The lowest BCUT2D eigenvalue weighted by Gasteiger charge is -2.08. The minimum absolute atomic E-state index is 0.215. The molecule has 0 spiro atoms. The number of rotatable bonds is 3. The van der Waals surface area contributed by atoms with E-state index in [0.29, 0.717) is 16.2 Å². The number of carbonyl (C=O) groups excluding carboxylic acids is 1. The number of hydrogen-bond acceptors (Lipinski definition) is 4. The topological polar surface area (TPSA) is 86.1 Å². The second-order valence-corrected chi connectivity index (χ2v) is 5.06. The van der Waals surface area contributed by atoms with Crippen molar-refractivity contribution in [2.45, 2.75) is 0 Å². The summed E-state index contributed by atoms with van der Waals surface area (Å²) in [6.45, 7) is 0. The van der Waals surface area contributed by atoms with Crippen LogP contribution in [0.5, 0.6) is 0 Å². The first-order valence-electron chi connectivity index (χ1n) is 6.10. The highest BCUT2D eigenvalue weighted by atomic mass is 79.9. The molecule has 2 heterocycles. The van der Waals surface area contributed by atoms with Crippen LogP contribution < -0.4 is 11.1 Å². The monoisotopic (exact) mass is 346 g/mol. The predicted molar refractivity (Wildman–Crippen MR) is 82.3 cm³/mol. The molecule has 3 rings (SSSR count). The van der Waals surface area contributed by atoms with E-state index in [1.165, 1.54) is 0 Å². The Morgan fingerprint density at radius 1 is 1.19 bits per heavy atom. The molecule has 2 aromatic heterocycles. The molecule has 3 N–H and O–H groups in total. The lowest BCUT2D eigenvalue weighted by atomic mass is 10.3. The number of furan rings is 1. The Hall–Kier alpha value is -2.54. The quantitative estimate of drug-likeness (QED) is 0.713. The van der Waals surface area contributed by atoms with Crippen LogP contribution in [0.4, 0.5) is 11.5 Å². The average Bonchev–Trinajstić information content (AvgIpc) is 3.09. The fraction of sp³-hybridized carbons (Fsp3) is 0. The van der Waals surface area contributed by atoms with Gasteiger partial charge in [-0.25, -0.2) is 4.68 Å². The number of aromatic nitrogens is 2. The first-order chi connectivity index (χ1) is 10.1. The maximum absolute atomic E-state index is 12.1. The molecule has 7 heteroatoms. The number of amides is 1. The van der Waals surface area contributed by atoms with E-state index in [1.54, 1.807) is 41.2 Å². The Bertz CT molecular complexity index is 776. The van der Waals surface area contributed by atoms with Crippen LogP contribution in [-0.2, 0) is 0 Å². The Morgan fingerprint density at radius 2 is 1.95 bits per heavy atom. The second kappa shape index (κ2) is 5.45. The Balaban J connectivity index is 1.86. The summed E-state index contributed by atoms with van der Waals surface area (Å²) in [6, 6.07) is 12.1. The molecule has 0 aliphatic carbocycles. The van der Waals surface area contributed by atoms with Crippen molar-refractivity contribution in [3.8, 4) is 5.69 Å². The van der Waals surface area contributed by atoms with Crippen molar-refractivity contribution in [1.82, 2.24) is 9.78 Å². The average molecular weight is 347 g/mol. The number of benzene rings is 1. The fourth-order valence-electron chi connectivity index (χ4n) is 1.83. The molecule has 106 valence electrons. The third-order valence-electron chi connectivity index (χ3n) is 2.82. The molecule has 1 amide bonds. The van der Waals surface area contributed by atoms with Gasteiger partial charge in [0.1, 0.15) is 5.82 Å². The predicted octanol–water partition coefficient (Wildman–Crippen LogP) is 3.06. The van der Waals surface area contributed by atoms with Gasteiger partial charge >= 0.3 is 0 Å². The van der Waals surface area contributed by atoms with Gasteiger partial charge < -0.3 is 15.5 Å². The Labute approximate surface area is 128 Å². The van der Waals surface area contributed by atoms with E-state index >= 15 is 0 Å². The van der Waals surface area contributed by atoms with Gasteiger partial charge in [0.2, 0.25) is 0 Å². The first kappa shape index (κ1) is 13.4. The van der Waals surface area contributed by atoms with Gasteiger partial charge in [-0.05, 0) is 52.3 Å². The van der Waals surface area contributed by atoms with Gasteiger partial charge in [-0.1, -0.05) is 0 Å². The molecular formula is C14H11BrN4O2. The molecule has 0 fully saturated rings. The van der Waals surface area contributed by atoms with E-state index in [9.17, 15) is 4.79 Å². The van der Waals surface area contributed by atoms with Gasteiger partial charge in [-0.3, -0.25) is 4.79 Å². The molecule has 0 atom stereocenters. The summed E-state index contributed by atoms with van der Waals surface area (Å²) < 4.78 is 7.32. The molecular weight excluding hydrogens is 336 g/mol. The molecule has 0 aliphatic rings. The lowest BCUT2D eigenvalue weighted by molar-refractivity contribution is 0.0994. The first-order valence-corrected chi connectivity index (χ1v) is 6.89. The zero-order valence-corrected chi connectivity index (χ0v) is 12.4. The summed E-state index contributed by atoms with van der Waals surface area (Å²) >= 11 is 3.16. The smallest absolute Gasteiger partial charge is 0.292 e. The van der Waals surface area contributed by atoms with Crippen molar-refractivity contribution in [1.29, 1.82) is 0 Å². The van der Waals surface area contributed by atoms with E-state index in [4.69, 9.17) is 10.2 Å². The molecule has 21 heavy (non-hydrogen) atoms. The molecule has 0 saturated heterocycles. The molecule has 0 unspecified atom stereocenters. The van der Waals surface area contributed by atoms with Crippen LogP contribution in [0.25, 0.3) is 5.69 Å². The number of nitrogens with one attached hydrogen (secondary N) is 1. The van der Waals surface area contributed by atoms with Crippen molar-refractivity contribution in [3.05, 3.63) is 59.1 Å². The van der Waals surface area contributed by atoms with Gasteiger partial charge in [0.15, 0.2) is 10.4 Å². The van der Waals surface area contributed by atoms with E-state index in [2.05, 4.69) is 26.3 Å². The zero-order valence-electron chi connectivity index (χ0n) is 10.8. The molecule has 0 saturated carbocycles. The van der Waals surface area contributed by atoms with E-state index in [-0.39, 0.29) is 11.7 Å². The SMILES string of the molecule is Nc1ccc(-n2nccc2NC(=O)c2ccc(Br)o2)cc1. The number of anilines is 2. The maximum atomic E-state index is 12.1.